The number of aryl methyl sites for hydroxylation is 1. The maximum Gasteiger partial charge on any atom is 0.227 e. The van der Waals surface area contributed by atoms with E-state index >= 15 is 0 Å². The molecular formula is C17H23BrClNO2. The lowest BCUT2D eigenvalue weighted by Crippen LogP contribution is -2.35. The Labute approximate surface area is 146 Å². The second-order valence-corrected chi connectivity index (χ2v) is 6.65. The van der Waals surface area contributed by atoms with Crippen molar-refractivity contribution in [3.8, 4) is 5.75 Å². The van der Waals surface area contributed by atoms with Gasteiger partial charge in [0, 0.05) is 30.2 Å². The van der Waals surface area contributed by atoms with Crippen molar-refractivity contribution < 1.29 is 9.53 Å². The van der Waals surface area contributed by atoms with E-state index in [1.807, 2.05) is 17.0 Å². The van der Waals surface area contributed by atoms with Crippen LogP contribution in [-0.2, 0) is 11.2 Å². The van der Waals surface area contributed by atoms with E-state index in [-0.39, 0.29) is 5.91 Å². The van der Waals surface area contributed by atoms with Gasteiger partial charge >= 0.3 is 0 Å². The molecule has 0 aliphatic carbocycles. The van der Waals surface area contributed by atoms with Crippen LogP contribution in [0.1, 0.15) is 37.7 Å². The number of ether oxygens (including phenoxy) is 1. The van der Waals surface area contributed by atoms with Gasteiger partial charge in [-0.15, -0.1) is 11.6 Å². The predicted octanol–water partition coefficient (Wildman–Crippen LogP) is 4.54. The Hall–Kier alpha value is -0.740. The Bertz CT molecular complexity index is 496. The third kappa shape index (κ3) is 4.88. The Morgan fingerprint density at radius 3 is 2.82 bits per heavy atom. The first-order valence-electron chi connectivity index (χ1n) is 7.94. The molecule has 0 N–H and O–H groups in total. The summed E-state index contributed by atoms with van der Waals surface area (Å²) in [6.45, 7) is 1.45. The number of carbonyl (C=O) groups excluding carboxylic acids is 1. The minimum Gasteiger partial charge on any atom is -0.494 e. The number of hydrogen-bond acceptors (Lipinski definition) is 2. The lowest BCUT2D eigenvalue weighted by atomic mass is 10.0. The molecular weight excluding hydrogens is 366 g/mol. The van der Waals surface area contributed by atoms with Crippen molar-refractivity contribution in [2.75, 3.05) is 29.3 Å². The average molecular weight is 389 g/mol. The molecule has 1 aliphatic rings. The molecule has 0 bridgehead atoms. The van der Waals surface area contributed by atoms with Crippen LogP contribution in [0.25, 0.3) is 0 Å². The van der Waals surface area contributed by atoms with Crippen molar-refractivity contribution in [2.45, 2.75) is 38.5 Å². The SMILES string of the molecule is O=C1CCc2ccc(OCCCCBr)cc2N1CCCCCl. The summed E-state index contributed by atoms with van der Waals surface area (Å²) in [5, 5.41) is 1.00. The lowest BCUT2D eigenvalue weighted by Gasteiger charge is -2.30. The van der Waals surface area contributed by atoms with Gasteiger partial charge in [0.1, 0.15) is 5.75 Å². The van der Waals surface area contributed by atoms with E-state index < -0.39 is 0 Å². The molecule has 3 nitrogen and oxygen atoms in total. The molecule has 1 aliphatic heterocycles. The van der Waals surface area contributed by atoms with Gasteiger partial charge in [0.15, 0.2) is 0 Å². The zero-order chi connectivity index (χ0) is 15.8. The van der Waals surface area contributed by atoms with Crippen LogP contribution in [0, 0.1) is 0 Å². The molecule has 122 valence electrons. The van der Waals surface area contributed by atoms with Crippen molar-refractivity contribution in [3.05, 3.63) is 23.8 Å². The highest BCUT2D eigenvalue weighted by Crippen LogP contribution is 2.32. The number of rotatable bonds is 9. The predicted molar refractivity (Wildman–Crippen MR) is 95.6 cm³/mol. The monoisotopic (exact) mass is 387 g/mol. The van der Waals surface area contributed by atoms with E-state index in [1.54, 1.807) is 0 Å². The topological polar surface area (TPSA) is 29.5 Å². The number of fused-ring (bicyclic) bond motifs is 1. The largest absolute Gasteiger partial charge is 0.494 e. The Kier molecular flexibility index (Phi) is 7.53. The second kappa shape index (κ2) is 9.41. The third-order valence-electron chi connectivity index (χ3n) is 3.82. The fourth-order valence-corrected chi connectivity index (χ4v) is 3.19. The normalized spacial score (nSPS) is 14.1. The van der Waals surface area contributed by atoms with E-state index in [9.17, 15) is 4.79 Å². The molecule has 1 aromatic carbocycles. The zero-order valence-electron chi connectivity index (χ0n) is 12.8. The second-order valence-electron chi connectivity index (χ2n) is 5.48. The van der Waals surface area contributed by atoms with Crippen molar-refractivity contribution in [1.82, 2.24) is 0 Å². The zero-order valence-corrected chi connectivity index (χ0v) is 15.2. The Morgan fingerprint density at radius 1 is 1.18 bits per heavy atom. The highest BCUT2D eigenvalue weighted by Gasteiger charge is 2.24. The van der Waals surface area contributed by atoms with Gasteiger partial charge in [0.05, 0.1) is 12.3 Å². The summed E-state index contributed by atoms with van der Waals surface area (Å²) in [7, 11) is 0. The fraction of sp³-hybridized carbons (Fsp3) is 0.588. The summed E-state index contributed by atoms with van der Waals surface area (Å²) in [6.07, 6.45) is 5.42. The molecule has 0 saturated carbocycles. The van der Waals surface area contributed by atoms with Crippen molar-refractivity contribution >= 4 is 39.1 Å². The highest BCUT2D eigenvalue weighted by atomic mass is 79.9. The van der Waals surface area contributed by atoms with Crippen LogP contribution in [0.2, 0.25) is 0 Å². The molecule has 0 atom stereocenters. The van der Waals surface area contributed by atoms with E-state index in [2.05, 4.69) is 22.0 Å². The standard InChI is InChI=1S/C17H23BrClNO2/c18-9-1-4-12-22-15-7-5-14-6-8-17(21)20(16(14)13-15)11-3-2-10-19/h5,7,13H,1-4,6,8-12H2. The maximum atomic E-state index is 12.2. The van der Waals surface area contributed by atoms with Crippen molar-refractivity contribution in [2.24, 2.45) is 0 Å². The van der Waals surface area contributed by atoms with Gasteiger partial charge in [-0.05, 0) is 43.7 Å². The Balaban J connectivity index is 2.04. The number of carbonyl (C=O) groups is 1. The maximum absolute atomic E-state index is 12.2. The number of unbranched alkanes of at least 4 members (excludes halogenated alkanes) is 2. The van der Waals surface area contributed by atoms with Gasteiger partial charge in [-0.25, -0.2) is 0 Å². The first-order valence-corrected chi connectivity index (χ1v) is 9.60. The molecule has 22 heavy (non-hydrogen) atoms. The molecule has 1 amide bonds. The number of nitrogens with zero attached hydrogens (tertiary/aromatic N) is 1. The van der Waals surface area contributed by atoms with Crippen LogP contribution in [0.3, 0.4) is 0 Å². The first-order chi connectivity index (χ1) is 10.8. The summed E-state index contributed by atoms with van der Waals surface area (Å²) in [5.74, 6) is 1.70. The van der Waals surface area contributed by atoms with Crippen molar-refractivity contribution in [3.63, 3.8) is 0 Å². The number of hydrogen-bond donors (Lipinski definition) is 0. The van der Waals surface area contributed by atoms with Gasteiger partial charge < -0.3 is 9.64 Å². The quantitative estimate of drug-likeness (QED) is 0.459. The summed E-state index contributed by atoms with van der Waals surface area (Å²) in [5.41, 5.74) is 2.25. The van der Waals surface area contributed by atoms with E-state index in [0.717, 1.165) is 55.4 Å². The summed E-state index contributed by atoms with van der Waals surface area (Å²) in [6, 6.07) is 6.12. The number of benzene rings is 1. The third-order valence-corrected chi connectivity index (χ3v) is 4.65. The van der Waals surface area contributed by atoms with E-state index in [4.69, 9.17) is 16.3 Å². The van der Waals surface area contributed by atoms with E-state index in [0.29, 0.717) is 18.9 Å². The fourth-order valence-electron chi connectivity index (χ4n) is 2.60. The first kappa shape index (κ1) is 17.6. The molecule has 1 aromatic rings. The number of alkyl halides is 2. The smallest absolute Gasteiger partial charge is 0.227 e. The molecule has 1 heterocycles. The molecule has 2 rings (SSSR count). The molecule has 0 fully saturated rings. The lowest BCUT2D eigenvalue weighted by molar-refractivity contribution is -0.118. The van der Waals surface area contributed by atoms with E-state index in [1.165, 1.54) is 5.56 Å². The van der Waals surface area contributed by atoms with Crippen LogP contribution in [0.15, 0.2) is 18.2 Å². The summed E-state index contributed by atoms with van der Waals surface area (Å²) >= 11 is 9.16. The summed E-state index contributed by atoms with van der Waals surface area (Å²) < 4.78 is 5.80. The molecule has 0 saturated heterocycles. The molecule has 0 radical (unpaired) electrons. The molecule has 0 spiro atoms. The number of halogens is 2. The van der Waals surface area contributed by atoms with Crippen LogP contribution in [0.4, 0.5) is 5.69 Å². The summed E-state index contributed by atoms with van der Waals surface area (Å²) in [4.78, 5) is 14.1. The van der Waals surface area contributed by atoms with Crippen molar-refractivity contribution in [1.29, 1.82) is 0 Å². The van der Waals surface area contributed by atoms with Gasteiger partial charge in [-0.1, -0.05) is 22.0 Å². The highest BCUT2D eigenvalue weighted by molar-refractivity contribution is 9.09. The van der Waals surface area contributed by atoms with Crippen LogP contribution < -0.4 is 9.64 Å². The molecule has 5 heteroatoms. The van der Waals surface area contributed by atoms with Crippen LogP contribution >= 0.6 is 27.5 Å². The van der Waals surface area contributed by atoms with Gasteiger partial charge in [0.2, 0.25) is 5.91 Å². The van der Waals surface area contributed by atoms with Gasteiger partial charge in [-0.2, -0.15) is 0 Å². The molecule has 0 aromatic heterocycles. The Morgan fingerprint density at radius 2 is 2.05 bits per heavy atom. The minimum absolute atomic E-state index is 0.207. The minimum atomic E-state index is 0.207. The van der Waals surface area contributed by atoms with Gasteiger partial charge in [-0.3, -0.25) is 4.79 Å². The van der Waals surface area contributed by atoms with Gasteiger partial charge in [0.25, 0.3) is 0 Å². The van der Waals surface area contributed by atoms with Crippen LogP contribution in [-0.4, -0.2) is 30.3 Å². The number of amides is 1. The molecule has 0 unspecified atom stereocenters. The number of anilines is 1. The van der Waals surface area contributed by atoms with Crippen LogP contribution in [0.5, 0.6) is 5.75 Å². The average Bonchev–Trinajstić information content (AvgIpc) is 2.54.